The summed E-state index contributed by atoms with van der Waals surface area (Å²) < 4.78 is 13.7. The van der Waals surface area contributed by atoms with Crippen molar-refractivity contribution in [2.75, 3.05) is 0 Å². The molecule has 0 bridgehead atoms. The van der Waals surface area contributed by atoms with Crippen molar-refractivity contribution in [1.29, 1.82) is 0 Å². The molecular formula is C12H12BrFN4. The van der Waals surface area contributed by atoms with Gasteiger partial charge in [-0.25, -0.2) is 4.39 Å². The van der Waals surface area contributed by atoms with Crippen LogP contribution < -0.4 is 11.3 Å². The Kier molecular flexibility index (Phi) is 4.35. The van der Waals surface area contributed by atoms with Gasteiger partial charge in [-0.05, 0) is 40.2 Å². The number of hydrogen-bond donors (Lipinski definition) is 2. The lowest BCUT2D eigenvalue weighted by atomic mass is 10.1. The Hall–Kier alpha value is -1.37. The predicted octanol–water partition coefficient (Wildman–Crippen LogP) is 2.13. The minimum Gasteiger partial charge on any atom is -0.271 e. The van der Waals surface area contributed by atoms with Crippen molar-refractivity contribution in [2.24, 2.45) is 5.84 Å². The molecule has 0 aromatic carbocycles. The number of halogens is 2. The van der Waals surface area contributed by atoms with E-state index >= 15 is 0 Å². The summed E-state index contributed by atoms with van der Waals surface area (Å²) in [6.07, 6.45) is 3.48. The number of rotatable bonds is 4. The Morgan fingerprint density at radius 2 is 2.06 bits per heavy atom. The molecule has 94 valence electrons. The van der Waals surface area contributed by atoms with Crippen LogP contribution in [-0.4, -0.2) is 9.97 Å². The number of nitrogens with one attached hydrogen (secondary N) is 1. The lowest BCUT2D eigenvalue weighted by molar-refractivity contribution is 0.528. The maximum absolute atomic E-state index is 12.8. The van der Waals surface area contributed by atoms with Crippen LogP contribution in [0.3, 0.4) is 0 Å². The summed E-state index contributed by atoms with van der Waals surface area (Å²) in [4.78, 5) is 8.27. The van der Waals surface area contributed by atoms with E-state index in [2.05, 4.69) is 31.3 Å². The van der Waals surface area contributed by atoms with Gasteiger partial charge in [0, 0.05) is 22.8 Å². The molecule has 2 heterocycles. The van der Waals surface area contributed by atoms with E-state index in [1.165, 1.54) is 12.3 Å². The number of hydrogen-bond acceptors (Lipinski definition) is 4. The molecule has 6 heteroatoms. The number of nitrogens with two attached hydrogens (primary N) is 1. The fourth-order valence-electron chi connectivity index (χ4n) is 1.58. The molecule has 0 amide bonds. The number of aromatic nitrogens is 2. The van der Waals surface area contributed by atoms with Crippen LogP contribution in [0.1, 0.15) is 17.4 Å². The molecule has 3 N–H and O–H groups in total. The molecule has 0 radical (unpaired) electrons. The van der Waals surface area contributed by atoms with Gasteiger partial charge >= 0.3 is 0 Å². The van der Waals surface area contributed by atoms with E-state index in [0.717, 1.165) is 10.2 Å². The summed E-state index contributed by atoms with van der Waals surface area (Å²) in [6.45, 7) is 0. The van der Waals surface area contributed by atoms with Gasteiger partial charge in [0.15, 0.2) is 0 Å². The van der Waals surface area contributed by atoms with Gasteiger partial charge in [0.25, 0.3) is 0 Å². The number of pyridine rings is 2. The van der Waals surface area contributed by atoms with Crippen LogP contribution >= 0.6 is 15.9 Å². The standard InChI is InChI=1S/C12H12BrFN4/c13-8-1-3-10(16-6-8)5-12(18-15)11-4-2-9(14)7-17-11/h1-4,6-7,12,18H,5,15H2. The highest BCUT2D eigenvalue weighted by molar-refractivity contribution is 9.10. The maximum atomic E-state index is 12.8. The van der Waals surface area contributed by atoms with Gasteiger partial charge in [0.2, 0.25) is 0 Å². The summed E-state index contributed by atoms with van der Waals surface area (Å²) in [5.41, 5.74) is 4.23. The van der Waals surface area contributed by atoms with Gasteiger partial charge < -0.3 is 0 Å². The van der Waals surface area contributed by atoms with Gasteiger partial charge in [0.1, 0.15) is 5.82 Å². The molecule has 1 atom stereocenters. The fourth-order valence-corrected chi connectivity index (χ4v) is 1.81. The van der Waals surface area contributed by atoms with Crippen LogP contribution in [0.5, 0.6) is 0 Å². The zero-order valence-corrected chi connectivity index (χ0v) is 11.1. The van der Waals surface area contributed by atoms with E-state index in [0.29, 0.717) is 12.1 Å². The van der Waals surface area contributed by atoms with Gasteiger partial charge in [-0.3, -0.25) is 21.2 Å². The van der Waals surface area contributed by atoms with Crippen LogP contribution in [-0.2, 0) is 6.42 Å². The van der Waals surface area contributed by atoms with Crippen LogP contribution in [0.2, 0.25) is 0 Å². The van der Waals surface area contributed by atoms with Gasteiger partial charge in [-0.15, -0.1) is 0 Å². The van der Waals surface area contributed by atoms with Crippen molar-refractivity contribution in [1.82, 2.24) is 15.4 Å². The number of hydrazine groups is 1. The minimum absolute atomic E-state index is 0.195. The summed E-state index contributed by atoms with van der Waals surface area (Å²) in [7, 11) is 0. The second kappa shape index (κ2) is 5.99. The largest absolute Gasteiger partial charge is 0.271 e. The Morgan fingerprint density at radius 3 is 2.61 bits per heavy atom. The lowest BCUT2D eigenvalue weighted by Crippen LogP contribution is -2.30. The van der Waals surface area contributed by atoms with Crippen molar-refractivity contribution >= 4 is 15.9 Å². The summed E-state index contributed by atoms with van der Waals surface area (Å²) in [6, 6.07) is 6.59. The Morgan fingerprint density at radius 1 is 1.22 bits per heavy atom. The molecule has 2 rings (SSSR count). The highest BCUT2D eigenvalue weighted by Crippen LogP contribution is 2.16. The quantitative estimate of drug-likeness (QED) is 0.671. The van der Waals surface area contributed by atoms with E-state index in [4.69, 9.17) is 5.84 Å². The first-order valence-corrected chi connectivity index (χ1v) is 6.16. The minimum atomic E-state index is -0.365. The molecule has 0 aliphatic carbocycles. The van der Waals surface area contributed by atoms with Gasteiger partial charge in [0.05, 0.1) is 17.9 Å². The van der Waals surface area contributed by atoms with E-state index in [9.17, 15) is 4.39 Å². The molecule has 0 fully saturated rings. The third-order valence-electron chi connectivity index (χ3n) is 2.51. The normalized spacial score (nSPS) is 12.4. The predicted molar refractivity (Wildman–Crippen MR) is 69.9 cm³/mol. The second-order valence-corrected chi connectivity index (χ2v) is 4.71. The summed E-state index contributed by atoms with van der Waals surface area (Å²) >= 11 is 3.32. The van der Waals surface area contributed by atoms with Crippen molar-refractivity contribution in [3.63, 3.8) is 0 Å². The Bertz CT molecular complexity index is 500. The molecule has 0 aliphatic heterocycles. The molecule has 0 saturated heterocycles. The van der Waals surface area contributed by atoms with E-state index in [1.807, 2.05) is 12.1 Å². The third-order valence-corrected chi connectivity index (χ3v) is 2.98. The molecule has 0 saturated carbocycles. The first-order valence-electron chi connectivity index (χ1n) is 5.37. The molecule has 2 aromatic heterocycles. The van der Waals surface area contributed by atoms with Crippen LogP contribution in [0.15, 0.2) is 41.1 Å². The van der Waals surface area contributed by atoms with Crippen molar-refractivity contribution in [3.05, 3.63) is 58.3 Å². The highest BCUT2D eigenvalue weighted by atomic mass is 79.9. The average Bonchev–Trinajstić information content (AvgIpc) is 2.39. The van der Waals surface area contributed by atoms with Crippen molar-refractivity contribution in [3.8, 4) is 0 Å². The average molecular weight is 311 g/mol. The Balaban J connectivity index is 2.14. The first kappa shape index (κ1) is 13.1. The molecule has 0 spiro atoms. The van der Waals surface area contributed by atoms with E-state index in [-0.39, 0.29) is 11.9 Å². The van der Waals surface area contributed by atoms with Crippen molar-refractivity contribution < 1.29 is 4.39 Å². The third kappa shape index (κ3) is 3.32. The van der Waals surface area contributed by atoms with Gasteiger partial charge in [-0.1, -0.05) is 0 Å². The Labute approximate surface area is 113 Å². The van der Waals surface area contributed by atoms with Crippen LogP contribution in [0.4, 0.5) is 4.39 Å². The number of nitrogens with zero attached hydrogens (tertiary/aromatic N) is 2. The summed E-state index contributed by atoms with van der Waals surface area (Å²) in [5.74, 6) is 5.14. The SMILES string of the molecule is NNC(Cc1ccc(Br)cn1)c1ccc(F)cn1. The zero-order chi connectivity index (χ0) is 13.0. The first-order chi connectivity index (χ1) is 8.69. The summed E-state index contributed by atoms with van der Waals surface area (Å²) in [5, 5.41) is 0. The topological polar surface area (TPSA) is 63.8 Å². The smallest absolute Gasteiger partial charge is 0.141 e. The molecule has 2 aromatic rings. The van der Waals surface area contributed by atoms with Crippen LogP contribution in [0, 0.1) is 5.82 Å². The zero-order valence-electron chi connectivity index (χ0n) is 9.48. The highest BCUT2D eigenvalue weighted by Gasteiger charge is 2.12. The monoisotopic (exact) mass is 310 g/mol. The van der Waals surface area contributed by atoms with E-state index < -0.39 is 0 Å². The second-order valence-electron chi connectivity index (χ2n) is 3.79. The van der Waals surface area contributed by atoms with Gasteiger partial charge in [-0.2, -0.15) is 0 Å². The molecule has 4 nitrogen and oxygen atoms in total. The molecule has 18 heavy (non-hydrogen) atoms. The lowest BCUT2D eigenvalue weighted by Gasteiger charge is -2.14. The van der Waals surface area contributed by atoms with Crippen molar-refractivity contribution in [2.45, 2.75) is 12.5 Å². The molecule has 0 aliphatic rings. The fraction of sp³-hybridized carbons (Fsp3) is 0.167. The maximum Gasteiger partial charge on any atom is 0.141 e. The van der Waals surface area contributed by atoms with E-state index in [1.54, 1.807) is 12.3 Å². The molecule has 1 unspecified atom stereocenters. The van der Waals surface area contributed by atoms with Crippen LogP contribution in [0.25, 0.3) is 0 Å². The molecular weight excluding hydrogens is 299 g/mol.